The van der Waals surface area contributed by atoms with E-state index in [1.165, 1.54) is 35.2 Å². The van der Waals surface area contributed by atoms with Crippen molar-refractivity contribution in [2.45, 2.75) is 74.9 Å². The molecule has 9 nitrogen and oxygen atoms in total. The molecule has 224 valence electrons. The van der Waals surface area contributed by atoms with Crippen LogP contribution in [0.4, 0.5) is 14.9 Å². The summed E-state index contributed by atoms with van der Waals surface area (Å²) < 4.78 is 53.6. The van der Waals surface area contributed by atoms with Gasteiger partial charge in [0.1, 0.15) is 11.4 Å². The maximum atomic E-state index is 14.4. The van der Waals surface area contributed by atoms with Gasteiger partial charge >= 0.3 is 6.09 Å². The Morgan fingerprint density at radius 2 is 1.73 bits per heavy atom. The number of amides is 2. The molecular weight excluding hydrogens is 549 g/mol. The molecule has 2 aliphatic heterocycles. The molecule has 2 heterocycles. The minimum Gasteiger partial charge on any atom is -0.444 e. The van der Waals surface area contributed by atoms with Crippen LogP contribution in [0.3, 0.4) is 0 Å². The van der Waals surface area contributed by atoms with Crippen LogP contribution in [0.1, 0.15) is 47.1 Å². The third kappa shape index (κ3) is 6.12. The van der Waals surface area contributed by atoms with Crippen LogP contribution < -0.4 is 4.90 Å². The van der Waals surface area contributed by atoms with Crippen LogP contribution in [-0.4, -0.2) is 86.6 Å². The number of hydrogen-bond donors (Lipinski definition) is 0. The van der Waals surface area contributed by atoms with Crippen molar-refractivity contribution in [3.05, 3.63) is 59.9 Å². The first-order valence-electron chi connectivity index (χ1n) is 13.7. The first-order chi connectivity index (χ1) is 19.1. The monoisotopic (exact) mass is 589 g/mol. The van der Waals surface area contributed by atoms with Crippen LogP contribution in [0.15, 0.2) is 53.4 Å². The summed E-state index contributed by atoms with van der Waals surface area (Å²) in [5.41, 5.74) is -0.937. The summed E-state index contributed by atoms with van der Waals surface area (Å²) in [6.45, 7) is 11.5. The largest absolute Gasteiger partial charge is 0.444 e. The quantitative estimate of drug-likeness (QED) is 0.498. The molecule has 41 heavy (non-hydrogen) atoms. The molecule has 2 amide bonds. The predicted octanol–water partition coefficient (Wildman–Crippen LogP) is 4.21. The summed E-state index contributed by atoms with van der Waals surface area (Å²) in [4.78, 5) is 32.0. The molecule has 4 rings (SSSR count). The number of benzene rings is 2. The number of nitrogens with zero attached hydrogens (tertiary/aromatic N) is 3. The number of fused-ring (bicyclic) bond motifs is 1. The molecule has 1 unspecified atom stereocenters. The van der Waals surface area contributed by atoms with E-state index in [0.29, 0.717) is 17.8 Å². The maximum Gasteiger partial charge on any atom is 0.410 e. The molecule has 2 aromatic carbocycles. The number of rotatable bonds is 6. The molecule has 11 heteroatoms. The van der Waals surface area contributed by atoms with Crippen molar-refractivity contribution in [3.63, 3.8) is 0 Å². The molecule has 1 saturated heterocycles. The number of carbonyl (C=O) groups is 2. The van der Waals surface area contributed by atoms with Crippen LogP contribution >= 0.6 is 0 Å². The molecule has 0 aliphatic carbocycles. The second-order valence-electron chi connectivity index (χ2n) is 12.4. The fourth-order valence-electron chi connectivity index (χ4n) is 5.83. The standard InChI is InChI=1S/C30H40FN3O6S/c1-20-16-32(22(19-39-7)17-33(20)28(36)40-29(2,3)4)18-26(35)34-25-14-13-21(31)15-24(25)30(5,6)27(34)41(37,38)23-11-9-8-10-12-23/h8-15,20,22,27H,16-19H2,1-7H3/t20-,22-,27?/m1/s1. The molecule has 0 aromatic heterocycles. The van der Waals surface area contributed by atoms with Crippen LogP contribution in [0.2, 0.25) is 0 Å². The fraction of sp³-hybridized carbons (Fsp3) is 0.533. The highest BCUT2D eigenvalue weighted by atomic mass is 32.2. The highest BCUT2D eigenvalue weighted by Crippen LogP contribution is 2.49. The molecule has 0 saturated carbocycles. The lowest BCUT2D eigenvalue weighted by Crippen LogP contribution is -2.63. The predicted molar refractivity (Wildman–Crippen MR) is 154 cm³/mol. The lowest BCUT2D eigenvalue weighted by atomic mass is 9.86. The average molecular weight is 590 g/mol. The van der Waals surface area contributed by atoms with Crippen molar-refractivity contribution in [3.8, 4) is 0 Å². The van der Waals surface area contributed by atoms with E-state index in [4.69, 9.17) is 9.47 Å². The Hall–Kier alpha value is -3.02. The number of carbonyl (C=O) groups excluding carboxylic acids is 2. The van der Waals surface area contributed by atoms with Crippen molar-refractivity contribution in [2.24, 2.45) is 0 Å². The van der Waals surface area contributed by atoms with Gasteiger partial charge in [0.2, 0.25) is 15.7 Å². The Bertz CT molecular complexity index is 1390. The average Bonchev–Trinajstić information content (AvgIpc) is 3.12. The van der Waals surface area contributed by atoms with Gasteiger partial charge < -0.3 is 14.4 Å². The number of piperazine rings is 1. The van der Waals surface area contributed by atoms with Gasteiger partial charge in [0.05, 0.1) is 24.1 Å². The van der Waals surface area contributed by atoms with Gasteiger partial charge in [0, 0.05) is 37.3 Å². The van der Waals surface area contributed by atoms with E-state index in [2.05, 4.69) is 0 Å². The van der Waals surface area contributed by atoms with Crippen molar-refractivity contribution < 1.29 is 31.9 Å². The number of anilines is 1. The number of hydrogen-bond acceptors (Lipinski definition) is 7. The van der Waals surface area contributed by atoms with Crippen molar-refractivity contribution in [2.75, 3.05) is 38.3 Å². The Labute approximate surface area is 242 Å². The maximum absolute atomic E-state index is 14.4. The van der Waals surface area contributed by atoms with Gasteiger partial charge in [-0.1, -0.05) is 32.0 Å². The zero-order chi connectivity index (χ0) is 30.3. The summed E-state index contributed by atoms with van der Waals surface area (Å²) in [7, 11) is -2.52. The zero-order valence-corrected chi connectivity index (χ0v) is 25.6. The second-order valence-corrected chi connectivity index (χ2v) is 14.4. The Morgan fingerprint density at radius 1 is 1.07 bits per heavy atom. The SMILES string of the molecule is COC[C@H]1CN(C(=O)OC(C)(C)C)[C@H](C)CN1CC(=O)N1c2ccc(F)cc2C(C)(C)C1S(=O)(=O)c1ccccc1. The molecule has 3 atom stereocenters. The van der Waals surface area contributed by atoms with Crippen molar-refractivity contribution in [1.82, 2.24) is 9.80 Å². The third-order valence-electron chi connectivity index (χ3n) is 7.68. The minimum absolute atomic E-state index is 0.0843. The van der Waals surface area contributed by atoms with Crippen LogP contribution in [0, 0.1) is 5.82 Å². The molecule has 2 aliphatic rings. The van der Waals surface area contributed by atoms with E-state index in [9.17, 15) is 22.4 Å². The van der Waals surface area contributed by atoms with Gasteiger partial charge in [-0.05, 0) is 63.6 Å². The van der Waals surface area contributed by atoms with Gasteiger partial charge in [-0.15, -0.1) is 0 Å². The van der Waals surface area contributed by atoms with E-state index in [0.717, 1.165) is 0 Å². The molecule has 0 N–H and O–H groups in total. The molecule has 0 bridgehead atoms. The van der Waals surface area contributed by atoms with Gasteiger partial charge in [0.25, 0.3) is 0 Å². The summed E-state index contributed by atoms with van der Waals surface area (Å²) in [5, 5.41) is -1.29. The van der Waals surface area contributed by atoms with Gasteiger partial charge in [-0.25, -0.2) is 17.6 Å². The van der Waals surface area contributed by atoms with Gasteiger partial charge in [-0.3, -0.25) is 14.6 Å². The zero-order valence-electron chi connectivity index (χ0n) is 24.8. The highest BCUT2D eigenvalue weighted by molar-refractivity contribution is 7.92. The third-order valence-corrected chi connectivity index (χ3v) is 10.00. The lowest BCUT2D eigenvalue weighted by molar-refractivity contribution is -0.122. The van der Waals surface area contributed by atoms with Crippen LogP contribution in [0.25, 0.3) is 0 Å². The lowest BCUT2D eigenvalue weighted by Gasteiger charge is -2.45. The van der Waals surface area contributed by atoms with Crippen molar-refractivity contribution in [1.29, 1.82) is 0 Å². The Balaban J connectivity index is 1.68. The number of ether oxygens (including phenoxy) is 2. The first kappa shape index (κ1) is 30.9. The summed E-state index contributed by atoms with van der Waals surface area (Å²) in [6.07, 6.45) is -0.441. The van der Waals surface area contributed by atoms with E-state index in [-0.39, 0.29) is 36.7 Å². The fourth-order valence-corrected chi connectivity index (χ4v) is 8.03. The smallest absolute Gasteiger partial charge is 0.410 e. The number of methoxy groups -OCH3 is 1. The summed E-state index contributed by atoms with van der Waals surface area (Å²) >= 11 is 0. The molecule has 0 spiro atoms. The Kier molecular flexibility index (Phi) is 8.55. The highest BCUT2D eigenvalue weighted by Gasteiger charge is 2.54. The van der Waals surface area contributed by atoms with E-state index in [1.54, 1.807) is 64.8 Å². The molecule has 2 aromatic rings. The van der Waals surface area contributed by atoms with Crippen molar-refractivity contribution >= 4 is 27.5 Å². The minimum atomic E-state index is -4.06. The van der Waals surface area contributed by atoms with Gasteiger partial charge in [0.15, 0.2) is 5.37 Å². The molecule has 0 radical (unpaired) electrons. The second kappa shape index (κ2) is 11.3. The number of halogens is 1. The number of sulfone groups is 1. The van der Waals surface area contributed by atoms with E-state index < -0.39 is 44.0 Å². The van der Waals surface area contributed by atoms with E-state index in [1.807, 2.05) is 11.8 Å². The Morgan fingerprint density at radius 3 is 2.34 bits per heavy atom. The van der Waals surface area contributed by atoms with Gasteiger partial charge in [-0.2, -0.15) is 0 Å². The summed E-state index contributed by atoms with van der Waals surface area (Å²) in [5.74, 6) is -0.943. The van der Waals surface area contributed by atoms with Crippen LogP contribution in [0.5, 0.6) is 0 Å². The first-order valence-corrected chi connectivity index (χ1v) is 15.3. The topological polar surface area (TPSA) is 96.5 Å². The van der Waals surface area contributed by atoms with Crippen LogP contribution in [-0.2, 0) is 29.5 Å². The molecular formula is C30H40FN3O6S. The molecule has 1 fully saturated rings. The normalized spacial score (nSPS) is 22.9. The summed E-state index contributed by atoms with van der Waals surface area (Å²) in [6, 6.07) is 11.4. The van der Waals surface area contributed by atoms with E-state index >= 15 is 0 Å².